The van der Waals surface area contributed by atoms with Gasteiger partial charge in [-0.3, -0.25) is 14.2 Å². The zero-order chi connectivity index (χ0) is 22.5. The number of aromatic nitrogens is 4. The molecule has 0 spiro atoms. The van der Waals surface area contributed by atoms with Gasteiger partial charge >= 0.3 is 0 Å². The van der Waals surface area contributed by atoms with Gasteiger partial charge in [0.1, 0.15) is 4.88 Å². The first kappa shape index (κ1) is 23.0. The van der Waals surface area contributed by atoms with Crippen LogP contribution in [0.1, 0.15) is 15.4 Å². The van der Waals surface area contributed by atoms with Crippen LogP contribution in [0.4, 0.5) is 5.13 Å². The summed E-state index contributed by atoms with van der Waals surface area (Å²) in [4.78, 5) is 30.9. The summed E-state index contributed by atoms with van der Waals surface area (Å²) < 4.78 is 1.88. The number of rotatable bonds is 8. The molecule has 0 atom stereocenters. The molecule has 2 amide bonds. The van der Waals surface area contributed by atoms with Gasteiger partial charge in [-0.05, 0) is 31.2 Å². The van der Waals surface area contributed by atoms with Gasteiger partial charge in [0.2, 0.25) is 5.91 Å². The Bertz CT molecular complexity index is 1110. The normalized spacial score (nSPS) is 10.7. The zero-order valence-corrected chi connectivity index (χ0v) is 19.6. The van der Waals surface area contributed by atoms with E-state index in [-0.39, 0.29) is 17.6 Å². The molecular weight excluding hydrogens is 456 g/mol. The average Bonchev–Trinajstić information content (AvgIpc) is 3.29. The lowest BCUT2D eigenvalue weighted by Crippen LogP contribution is -2.21. The van der Waals surface area contributed by atoms with E-state index in [1.165, 1.54) is 16.7 Å². The second-order valence-electron chi connectivity index (χ2n) is 6.68. The number of thiazole rings is 1. The molecule has 0 aliphatic heterocycles. The number of halogens is 1. The first-order valence-electron chi connectivity index (χ1n) is 9.22. The minimum Gasteiger partial charge on any atom is -0.344 e. The summed E-state index contributed by atoms with van der Waals surface area (Å²) in [7, 11) is 3.35. The second-order valence-corrected chi connectivity index (χ2v) is 9.06. The molecule has 11 heteroatoms. The zero-order valence-electron chi connectivity index (χ0n) is 17.3. The molecule has 0 unspecified atom stereocenters. The molecule has 162 valence electrons. The van der Waals surface area contributed by atoms with E-state index in [4.69, 9.17) is 11.6 Å². The molecule has 3 aromatic rings. The van der Waals surface area contributed by atoms with Crippen molar-refractivity contribution in [1.29, 1.82) is 0 Å². The van der Waals surface area contributed by atoms with E-state index in [1.54, 1.807) is 39.2 Å². The third-order valence-electron chi connectivity index (χ3n) is 4.11. The standard InChI is InChI=1S/C20H21ClN6O2S2/c1-5-10-27-17(13-6-8-14(21)9-7-13)24-25-20(27)30-11-15(28)23-19-22-12(2)16(31-19)18(29)26(3)4/h5-9H,1,10-11H2,2-4H3,(H,22,23,28). The molecule has 1 N–H and O–H groups in total. The first-order chi connectivity index (χ1) is 14.8. The van der Waals surface area contributed by atoms with E-state index < -0.39 is 0 Å². The van der Waals surface area contributed by atoms with Crippen molar-refractivity contribution in [3.63, 3.8) is 0 Å². The summed E-state index contributed by atoms with van der Waals surface area (Å²) in [6.45, 7) is 6.03. The van der Waals surface area contributed by atoms with Crippen molar-refractivity contribution in [2.45, 2.75) is 18.6 Å². The highest BCUT2D eigenvalue weighted by Gasteiger charge is 2.19. The van der Waals surface area contributed by atoms with Gasteiger partial charge in [0, 0.05) is 31.2 Å². The Morgan fingerprint density at radius 2 is 2.00 bits per heavy atom. The number of amides is 2. The van der Waals surface area contributed by atoms with E-state index in [2.05, 4.69) is 27.1 Å². The van der Waals surface area contributed by atoms with Gasteiger partial charge in [-0.2, -0.15) is 0 Å². The molecule has 0 fully saturated rings. The Hall–Kier alpha value is -2.69. The summed E-state index contributed by atoms with van der Waals surface area (Å²) in [6.07, 6.45) is 1.74. The maximum absolute atomic E-state index is 12.4. The summed E-state index contributed by atoms with van der Waals surface area (Å²) >= 11 is 8.39. The number of hydrogen-bond donors (Lipinski definition) is 1. The minimum absolute atomic E-state index is 0.117. The molecule has 1 aromatic carbocycles. The molecule has 2 aromatic heterocycles. The number of nitrogens with one attached hydrogen (secondary N) is 1. The van der Waals surface area contributed by atoms with E-state index >= 15 is 0 Å². The number of thioether (sulfide) groups is 1. The highest BCUT2D eigenvalue weighted by molar-refractivity contribution is 7.99. The van der Waals surface area contributed by atoms with Gasteiger partial charge in [0.15, 0.2) is 16.1 Å². The number of carbonyl (C=O) groups excluding carboxylic acids is 2. The van der Waals surface area contributed by atoms with Crippen LogP contribution in [0.3, 0.4) is 0 Å². The number of hydrogen-bond acceptors (Lipinski definition) is 7. The van der Waals surface area contributed by atoms with Crippen LogP contribution in [0, 0.1) is 6.92 Å². The fourth-order valence-corrected chi connectivity index (χ4v) is 4.52. The van der Waals surface area contributed by atoms with Gasteiger partial charge in [-0.1, -0.05) is 40.8 Å². The highest BCUT2D eigenvalue weighted by Crippen LogP contribution is 2.27. The molecule has 0 saturated carbocycles. The lowest BCUT2D eigenvalue weighted by Gasteiger charge is -2.08. The highest BCUT2D eigenvalue weighted by atomic mass is 35.5. The van der Waals surface area contributed by atoms with Gasteiger partial charge in [0.05, 0.1) is 11.4 Å². The van der Waals surface area contributed by atoms with Crippen molar-refractivity contribution in [3.05, 3.63) is 52.5 Å². The maximum atomic E-state index is 12.4. The van der Waals surface area contributed by atoms with Gasteiger partial charge < -0.3 is 10.2 Å². The number of allylic oxidation sites excluding steroid dienone is 1. The van der Waals surface area contributed by atoms with E-state index in [1.807, 2.05) is 16.7 Å². The topological polar surface area (TPSA) is 93.0 Å². The average molecular weight is 477 g/mol. The molecular formula is C20H21ClN6O2S2. The number of aryl methyl sites for hydroxylation is 1. The minimum atomic E-state index is -0.246. The van der Waals surface area contributed by atoms with Crippen LogP contribution in [-0.4, -0.2) is 56.3 Å². The maximum Gasteiger partial charge on any atom is 0.265 e. The Morgan fingerprint density at radius 3 is 2.65 bits per heavy atom. The summed E-state index contributed by atoms with van der Waals surface area (Å²) in [5.74, 6) is 0.397. The van der Waals surface area contributed by atoms with Crippen LogP contribution in [0.5, 0.6) is 0 Å². The van der Waals surface area contributed by atoms with Gasteiger partial charge in [-0.25, -0.2) is 4.98 Å². The lowest BCUT2D eigenvalue weighted by molar-refractivity contribution is -0.113. The van der Waals surface area contributed by atoms with Crippen LogP contribution >= 0.6 is 34.7 Å². The smallest absolute Gasteiger partial charge is 0.265 e. The molecule has 0 aliphatic rings. The predicted molar refractivity (Wildman–Crippen MR) is 125 cm³/mol. The van der Waals surface area contributed by atoms with Crippen LogP contribution in [0.2, 0.25) is 5.02 Å². The van der Waals surface area contributed by atoms with E-state index in [0.717, 1.165) is 16.9 Å². The van der Waals surface area contributed by atoms with Crippen LogP contribution < -0.4 is 5.32 Å². The van der Waals surface area contributed by atoms with Crippen LogP contribution in [0.15, 0.2) is 42.1 Å². The van der Waals surface area contributed by atoms with Gasteiger partial charge in [-0.15, -0.1) is 16.8 Å². The summed E-state index contributed by atoms with van der Waals surface area (Å²) in [5, 5.41) is 12.9. The Labute approximate surface area is 193 Å². The number of nitrogens with zero attached hydrogens (tertiary/aromatic N) is 5. The third kappa shape index (κ3) is 5.52. The fourth-order valence-electron chi connectivity index (χ4n) is 2.64. The SMILES string of the molecule is C=CCn1c(SCC(=O)Nc2nc(C)c(C(=O)N(C)C)s2)nnc1-c1ccc(Cl)cc1. The lowest BCUT2D eigenvalue weighted by atomic mass is 10.2. The largest absolute Gasteiger partial charge is 0.344 e. The number of benzene rings is 1. The van der Waals surface area contributed by atoms with Gasteiger partial charge in [0.25, 0.3) is 5.91 Å². The molecule has 0 aliphatic carbocycles. The first-order valence-corrected chi connectivity index (χ1v) is 11.4. The molecule has 3 rings (SSSR count). The van der Waals surface area contributed by atoms with Crippen molar-refractivity contribution in [3.8, 4) is 11.4 Å². The Balaban J connectivity index is 1.69. The van der Waals surface area contributed by atoms with Crippen molar-refractivity contribution in [1.82, 2.24) is 24.6 Å². The molecule has 8 nitrogen and oxygen atoms in total. The number of anilines is 1. The third-order valence-corrected chi connectivity index (χ3v) is 6.39. The molecule has 31 heavy (non-hydrogen) atoms. The van der Waals surface area contributed by atoms with Crippen LogP contribution in [-0.2, 0) is 11.3 Å². The van der Waals surface area contributed by atoms with Crippen molar-refractivity contribution < 1.29 is 9.59 Å². The van der Waals surface area contributed by atoms with Crippen LogP contribution in [0.25, 0.3) is 11.4 Å². The summed E-state index contributed by atoms with van der Waals surface area (Å²) in [5.41, 5.74) is 1.45. The van der Waals surface area contributed by atoms with E-state index in [0.29, 0.717) is 38.3 Å². The number of carbonyl (C=O) groups is 2. The monoisotopic (exact) mass is 476 g/mol. The predicted octanol–water partition coefficient (Wildman–Crippen LogP) is 3.98. The molecule has 0 saturated heterocycles. The van der Waals surface area contributed by atoms with Crippen molar-refractivity contribution in [2.75, 3.05) is 25.2 Å². The quantitative estimate of drug-likeness (QED) is 0.390. The van der Waals surface area contributed by atoms with E-state index in [9.17, 15) is 9.59 Å². The Kier molecular flexibility index (Phi) is 7.47. The second kappa shape index (κ2) is 10.1. The molecule has 0 bridgehead atoms. The fraction of sp³-hybridized carbons (Fsp3) is 0.250. The molecule has 0 radical (unpaired) electrons. The summed E-state index contributed by atoms with van der Waals surface area (Å²) in [6, 6.07) is 7.31. The Morgan fingerprint density at radius 1 is 1.29 bits per heavy atom. The van der Waals surface area contributed by atoms with Crippen molar-refractivity contribution in [2.24, 2.45) is 0 Å². The van der Waals surface area contributed by atoms with Crippen molar-refractivity contribution >= 4 is 51.6 Å². The molecule has 2 heterocycles.